The molecule has 0 amide bonds. The fraction of sp³-hybridized carbons (Fsp3) is 0.231. The van der Waals surface area contributed by atoms with Crippen LogP contribution in [0.1, 0.15) is 29.4 Å². The Balaban J connectivity index is 2.39. The number of imidazole rings is 1. The van der Waals surface area contributed by atoms with Gasteiger partial charge in [-0.3, -0.25) is 4.79 Å². The van der Waals surface area contributed by atoms with Gasteiger partial charge in [0.1, 0.15) is 0 Å². The maximum atomic E-state index is 11.6. The molecule has 0 aliphatic rings. The quantitative estimate of drug-likeness (QED) is 0.736. The van der Waals surface area contributed by atoms with Gasteiger partial charge in [0, 0.05) is 23.9 Å². The Bertz CT molecular complexity index is 514. The monoisotopic (exact) mass is 214 g/mol. The molecule has 16 heavy (non-hydrogen) atoms. The highest BCUT2D eigenvalue weighted by Gasteiger charge is 2.04. The summed E-state index contributed by atoms with van der Waals surface area (Å²) < 4.78 is 1.92. The van der Waals surface area contributed by atoms with Crippen LogP contribution in [0.25, 0.3) is 5.69 Å². The van der Waals surface area contributed by atoms with Gasteiger partial charge in [-0.15, -0.1) is 0 Å². The van der Waals surface area contributed by atoms with Crippen molar-refractivity contribution in [1.29, 1.82) is 0 Å². The fourth-order valence-corrected chi connectivity index (χ4v) is 1.61. The molecule has 0 N–H and O–H groups in total. The van der Waals surface area contributed by atoms with Gasteiger partial charge in [-0.2, -0.15) is 0 Å². The molecule has 1 aromatic heterocycles. The van der Waals surface area contributed by atoms with Crippen molar-refractivity contribution in [1.82, 2.24) is 9.55 Å². The van der Waals surface area contributed by atoms with E-state index in [0.29, 0.717) is 6.42 Å². The van der Waals surface area contributed by atoms with Gasteiger partial charge in [-0.1, -0.05) is 19.1 Å². The van der Waals surface area contributed by atoms with Gasteiger partial charge in [-0.05, 0) is 19.1 Å². The molecule has 0 fully saturated rings. The van der Waals surface area contributed by atoms with Crippen molar-refractivity contribution in [3.05, 3.63) is 48.0 Å². The summed E-state index contributed by atoms with van der Waals surface area (Å²) in [7, 11) is 0. The van der Waals surface area contributed by atoms with Crippen LogP contribution in [0.3, 0.4) is 0 Å². The minimum atomic E-state index is 0.165. The van der Waals surface area contributed by atoms with Gasteiger partial charge in [0.15, 0.2) is 5.78 Å². The smallest absolute Gasteiger partial charge is 0.162 e. The van der Waals surface area contributed by atoms with Crippen LogP contribution >= 0.6 is 0 Å². The molecule has 0 atom stereocenters. The summed E-state index contributed by atoms with van der Waals surface area (Å²) in [4.78, 5) is 15.7. The van der Waals surface area contributed by atoms with E-state index in [1.807, 2.05) is 48.9 Å². The number of ketones is 1. The van der Waals surface area contributed by atoms with E-state index in [4.69, 9.17) is 0 Å². The van der Waals surface area contributed by atoms with Crippen molar-refractivity contribution < 1.29 is 4.79 Å². The molecular weight excluding hydrogens is 200 g/mol. The maximum absolute atomic E-state index is 11.6. The average Bonchev–Trinajstić information content (AvgIpc) is 2.75. The summed E-state index contributed by atoms with van der Waals surface area (Å²) in [5.41, 5.74) is 2.69. The van der Waals surface area contributed by atoms with Crippen LogP contribution in [0.15, 0.2) is 36.8 Å². The number of aromatic nitrogens is 2. The molecule has 2 rings (SSSR count). The number of aryl methyl sites for hydroxylation is 1. The molecular formula is C13H14N2O. The first-order valence-corrected chi connectivity index (χ1v) is 5.35. The molecule has 0 saturated heterocycles. The molecule has 0 bridgehead atoms. The lowest BCUT2D eigenvalue weighted by Crippen LogP contribution is -1.98. The molecule has 1 aromatic carbocycles. The third kappa shape index (κ3) is 2.03. The first kappa shape index (κ1) is 10.6. The normalized spacial score (nSPS) is 10.4. The van der Waals surface area contributed by atoms with E-state index >= 15 is 0 Å². The van der Waals surface area contributed by atoms with Crippen LogP contribution < -0.4 is 0 Å². The Morgan fingerprint density at radius 2 is 2.25 bits per heavy atom. The van der Waals surface area contributed by atoms with Crippen LogP contribution in [0.4, 0.5) is 0 Å². The van der Waals surface area contributed by atoms with Crippen molar-refractivity contribution in [2.24, 2.45) is 0 Å². The second kappa shape index (κ2) is 4.31. The number of nitrogens with zero attached hydrogens (tertiary/aromatic N) is 2. The van der Waals surface area contributed by atoms with E-state index in [1.165, 1.54) is 0 Å². The largest absolute Gasteiger partial charge is 0.306 e. The Morgan fingerprint density at radius 1 is 1.44 bits per heavy atom. The van der Waals surface area contributed by atoms with E-state index in [9.17, 15) is 4.79 Å². The van der Waals surface area contributed by atoms with Crippen LogP contribution in [0.5, 0.6) is 0 Å². The zero-order valence-electron chi connectivity index (χ0n) is 9.47. The molecule has 3 nitrogen and oxygen atoms in total. The molecule has 82 valence electrons. The van der Waals surface area contributed by atoms with E-state index in [1.54, 1.807) is 6.33 Å². The van der Waals surface area contributed by atoms with E-state index in [0.717, 1.165) is 16.9 Å². The predicted molar refractivity (Wildman–Crippen MR) is 62.9 cm³/mol. The van der Waals surface area contributed by atoms with E-state index < -0.39 is 0 Å². The zero-order valence-corrected chi connectivity index (χ0v) is 9.47. The van der Waals surface area contributed by atoms with Crippen molar-refractivity contribution in [2.75, 3.05) is 0 Å². The first-order valence-electron chi connectivity index (χ1n) is 5.35. The lowest BCUT2D eigenvalue weighted by molar-refractivity contribution is 0.0988. The van der Waals surface area contributed by atoms with Crippen LogP contribution in [-0.4, -0.2) is 15.3 Å². The highest BCUT2D eigenvalue weighted by atomic mass is 16.1. The highest BCUT2D eigenvalue weighted by molar-refractivity contribution is 5.96. The van der Waals surface area contributed by atoms with Gasteiger partial charge in [0.2, 0.25) is 0 Å². The van der Waals surface area contributed by atoms with Gasteiger partial charge in [0.25, 0.3) is 0 Å². The van der Waals surface area contributed by atoms with Gasteiger partial charge < -0.3 is 4.57 Å². The average molecular weight is 214 g/mol. The van der Waals surface area contributed by atoms with Crippen LogP contribution in [0, 0.1) is 6.92 Å². The summed E-state index contributed by atoms with van der Waals surface area (Å²) in [6.07, 6.45) is 4.23. The van der Waals surface area contributed by atoms with Crippen molar-refractivity contribution in [3.8, 4) is 5.69 Å². The molecule has 0 unspecified atom stereocenters. The Kier molecular flexibility index (Phi) is 2.86. The molecule has 3 heteroatoms. The summed E-state index contributed by atoms with van der Waals surface area (Å²) >= 11 is 0. The third-order valence-corrected chi connectivity index (χ3v) is 2.50. The number of carbonyl (C=O) groups is 1. The standard InChI is InChI=1S/C13H14N2O/c1-3-13(16)11-5-4-6-12(7-11)15-8-10(2)14-9-15/h4-9H,3H2,1-2H3. The van der Waals surface area contributed by atoms with Crippen molar-refractivity contribution in [2.45, 2.75) is 20.3 Å². The van der Waals surface area contributed by atoms with Crippen LogP contribution in [-0.2, 0) is 0 Å². The number of hydrogen-bond donors (Lipinski definition) is 0. The highest BCUT2D eigenvalue weighted by Crippen LogP contribution is 2.12. The molecule has 0 aliphatic carbocycles. The molecule has 2 aromatic rings. The number of rotatable bonds is 3. The minimum Gasteiger partial charge on any atom is -0.306 e. The van der Waals surface area contributed by atoms with Crippen molar-refractivity contribution in [3.63, 3.8) is 0 Å². The summed E-state index contributed by atoms with van der Waals surface area (Å²) in [5.74, 6) is 0.165. The zero-order chi connectivity index (χ0) is 11.5. The maximum Gasteiger partial charge on any atom is 0.162 e. The SMILES string of the molecule is CCC(=O)c1cccc(-n2cnc(C)c2)c1. The number of benzene rings is 1. The topological polar surface area (TPSA) is 34.9 Å². The summed E-state index contributed by atoms with van der Waals surface area (Å²) in [6.45, 7) is 3.81. The van der Waals surface area contributed by atoms with E-state index in [2.05, 4.69) is 4.98 Å². The third-order valence-electron chi connectivity index (χ3n) is 2.50. The van der Waals surface area contributed by atoms with Crippen molar-refractivity contribution >= 4 is 5.78 Å². The van der Waals surface area contributed by atoms with Gasteiger partial charge in [0.05, 0.1) is 12.0 Å². The molecule has 0 spiro atoms. The lowest BCUT2D eigenvalue weighted by Gasteiger charge is -2.04. The number of Topliss-reactive ketones (excluding diaryl/α,β-unsaturated/α-hetero) is 1. The Labute approximate surface area is 94.7 Å². The number of carbonyl (C=O) groups excluding carboxylic acids is 1. The second-order valence-electron chi connectivity index (χ2n) is 3.75. The molecule has 0 saturated carbocycles. The lowest BCUT2D eigenvalue weighted by atomic mass is 10.1. The summed E-state index contributed by atoms with van der Waals surface area (Å²) in [5, 5.41) is 0. The van der Waals surface area contributed by atoms with Gasteiger partial charge >= 0.3 is 0 Å². The Morgan fingerprint density at radius 3 is 2.88 bits per heavy atom. The fourth-order valence-electron chi connectivity index (χ4n) is 1.61. The van der Waals surface area contributed by atoms with Crippen LogP contribution in [0.2, 0.25) is 0 Å². The predicted octanol–water partition coefficient (Wildman–Crippen LogP) is 2.77. The molecule has 1 heterocycles. The molecule has 0 aliphatic heterocycles. The Hall–Kier alpha value is -1.90. The molecule has 0 radical (unpaired) electrons. The van der Waals surface area contributed by atoms with Gasteiger partial charge in [-0.25, -0.2) is 4.98 Å². The summed E-state index contributed by atoms with van der Waals surface area (Å²) in [6, 6.07) is 7.60. The van der Waals surface area contributed by atoms with E-state index in [-0.39, 0.29) is 5.78 Å². The first-order chi connectivity index (χ1) is 7.70. The second-order valence-corrected chi connectivity index (χ2v) is 3.75. The number of hydrogen-bond acceptors (Lipinski definition) is 2. The minimum absolute atomic E-state index is 0.165.